The average Bonchev–Trinajstić information content (AvgIpc) is 2.41. The van der Waals surface area contributed by atoms with Crippen molar-refractivity contribution in [3.63, 3.8) is 0 Å². The summed E-state index contributed by atoms with van der Waals surface area (Å²) < 4.78 is 0. The number of hydrogen-bond acceptors (Lipinski definition) is 4. The molecule has 4 nitrogen and oxygen atoms in total. The van der Waals surface area contributed by atoms with Crippen LogP contribution in [0.1, 0.15) is 25.0 Å². The fraction of sp³-hybridized carbons (Fsp3) is 0.500. The summed E-state index contributed by atoms with van der Waals surface area (Å²) in [5, 5.41) is 3.55. The van der Waals surface area contributed by atoms with E-state index >= 15 is 0 Å². The first-order valence-corrected chi connectivity index (χ1v) is 7.28. The summed E-state index contributed by atoms with van der Waals surface area (Å²) in [5.74, 6) is 0. The molecule has 0 amide bonds. The monoisotopic (exact) mass is 270 g/mol. The number of nitrogens with zero attached hydrogens (tertiary/aromatic N) is 3. The highest BCUT2D eigenvalue weighted by molar-refractivity contribution is 5.73. The SMILES string of the molecule is CN(C)C1(CNCc2cnc3ccccc3n2)CCC1. The smallest absolute Gasteiger partial charge is 0.0890 e. The van der Waals surface area contributed by atoms with Crippen LogP contribution in [-0.4, -0.2) is 41.0 Å². The summed E-state index contributed by atoms with van der Waals surface area (Å²) in [4.78, 5) is 11.5. The highest BCUT2D eigenvalue weighted by atomic mass is 15.2. The number of nitrogens with one attached hydrogen (secondary N) is 1. The van der Waals surface area contributed by atoms with E-state index in [0.29, 0.717) is 5.54 Å². The van der Waals surface area contributed by atoms with Crippen molar-refractivity contribution in [1.82, 2.24) is 20.2 Å². The minimum absolute atomic E-state index is 0.351. The molecule has 1 aliphatic carbocycles. The van der Waals surface area contributed by atoms with E-state index in [2.05, 4.69) is 34.3 Å². The third-order valence-corrected chi connectivity index (χ3v) is 4.49. The first-order chi connectivity index (χ1) is 9.70. The molecule has 0 saturated heterocycles. The molecule has 0 radical (unpaired) electrons. The molecule has 1 N–H and O–H groups in total. The number of benzene rings is 1. The van der Waals surface area contributed by atoms with Gasteiger partial charge in [0.1, 0.15) is 0 Å². The van der Waals surface area contributed by atoms with Gasteiger partial charge in [-0.2, -0.15) is 0 Å². The van der Waals surface area contributed by atoms with Crippen LogP contribution < -0.4 is 5.32 Å². The van der Waals surface area contributed by atoms with Gasteiger partial charge in [0.15, 0.2) is 0 Å². The first-order valence-electron chi connectivity index (χ1n) is 7.28. The maximum atomic E-state index is 4.64. The zero-order valence-electron chi connectivity index (χ0n) is 12.3. The minimum Gasteiger partial charge on any atom is -0.309 e. The molecule has 0 aliphatic heterocycles. The van der Waals surface area contributed by atoms with Gasteiger partial charge in [0.05, 0.1) is 22.9 Å². The average molecular weight is 270 g/mol. The third-order valence-electron chi connectivity index (χ3n) is 4.49. The molecule has 1 heterocycles. The normalized spacial score (nSPS) is 17.4. The van der Waals surface area contributed by atoms with E-state index in [4.69, 9.17) is 0 Å². The van der Waals surface area contributed by atoms with Crippen LogP contribution in [0.4, 0.5) is 0 Å². The Morgan fingerprint density at radius 2 is 1.95 bits per heavy atom. The Bertz CT molecular complexity index is 590. The minimum atomic E-state index is 0.351. The van der Waals surface area contributed by atoms with Crippen LogP contribution in [0.2, 0.25) is 0 Å². The Kier molecular flexibility index (Phi) is 3.68. The lowest BCUT2D eigenvalue weighted by molar-refractivity contribution is 0.0597. The van der Waals surface area contributed by atoms with Gasteiger partial charge >= 0.3 is 0 Å². The van der Waals surface area contributed by atoms with E-state index in [1.165, 1.54) is 19.3 Å². The number of aromatic nitrogens is 2. The molecule has 3 rings (SSSR count). The number of rotatable bonds is 5. The van der Waals surface area contributed by atoms with Crippen LogP contribution in [0.5, 0.6) is 0 Å². The molecule has 1 fully saturated rings. The van der Waals surface area contributed by atoms with Gasteiger partial charge in [0.25, 0.3) is 0 Å². The quantitative estimate of drug-likeness (QED) is 0.904. The van der Waals surface area contributed by atoms with Crippen LogP contribution >= 0.6 is 0 Å². The fourth-order valence-corrected chi connectivity index (χ4v) is 2.87. The van der Waals surface area contributed by atoms with Crippen LogP contribution in [0.25, 0.3) is 11.0 Å². The van der Waals surface area contributed by atoms with Crippen molar-refractivity contribution in [3.05, 3.63) is 36.2 Å². The van der Waals surface area contributed by atoms with Crippen molar-refractivity contribution in [1.29, 1.82) is 0 Å². The van der Waals surface area contributed by atoms with Gasteiger partial charge in [-0.1, -0.05) is 12.1 Å². The van der Waals surface area contributed by atoms with Crippen molar-refractivity contribution in [2.45, 2.75) is 31.3 Å². The van der Waals surface area contributed by atoms with Gasteiger partial charge in [-0.25, -0.2) is 4.98 Å². The van der Waals surface area contributed by atoms with E-state index in [0.717, 1.165) is 29.8 Å². The van der Waals surface area contributed by atoms with Crippen molar-refractivity contribution in [3.8, 4) is 0 Å². The molecule has 1 aromatic carbocycles. The number of fused-ring (bicyclic) bond motifs is 1. The molecule has 106 valence electrons. The summed E-state index contributed by atoms with van der Waals surface area (Å²) in [6.45, 7) is 1.81. The predicted octanol–water partition coefficient (Wildman–Crippen LogP) is 2.20. The van der Waals surface area contributed by atoms with Gasteiger partial charge < -0.3 is 10.2 Å². The zero-order chi connectivity index (χ0) is 14.0. The molecule has 0 atom stereocenters. The molecule has 1 saturated carbocycles. The Morgan fingerprint density at radius 1 is 1.20 bits per heavy atom. The molecule has 0 unspecified atom stereocenters. The van der Waals surface area contributed by atoms with Gasteiger partial charge in [0, 0.05) is 18.6 Å². The van der Waals surface area contributed by atoms with Crippen LogP contribution in [0, 0.1) is 0 Å². The standard InChI is InChI=1S/C16H22N4/c1-20(2)16(8-5-9-16)12-17-10-13-11-18-14-6-3-4-7-15(14)19-13/h3-4,6-7,11,17H,5,8-10,12H2,1-2H3. The van der Waals surface area contributed by atoms with Crippen molar-refractivity contribution in [2.24, 2.45) is 0 Å². The molecule has 20 heavy (non-hydrogen) atoms. The van der Waals surface area contributed by atoms with Crippen LogP contribution in [-0.2, 0) is 6.54 Å². The number of para-hydroxylation sites is 2. The van der Waals surface area contributed by atoms with E-state index in [9.17, 15) is 0 Å². The zero-order valence-corrected chi connectivity index (χ0v) is 12.3. The molecular formula is C16H22N4. The molecule has 0 bridgehead atoms. The van der Waals surface area contributed by atoms with Crippen molar-refractivity contribution in [2.75, 3.05) is 20.6 Å². The van der Waals surface area contributed by atoms with Crippen LogP contribution in [0.15, 0.2) is 30.5 Å². The summed E-state index contributed by atoms with van der Waals surface area (Å²) in [6, 6.07) is 8.00. The summed E-state index contributed by atoms with van der Waals surface area (Å²) in [7, 11) is 4.35. The second kappa shape index (κ2) is 5.46. The maximum absolute atomic E-state index is 4.64. The lowest BCUT2D eigenvalue weighted by atomic mass is 9.75. The Morgan fingerprint density at radius 3 is 2.60 bits per heavy atom. The molecule has 1 aromatic heterocycles. The van der Waals surface area contributed by atoms with Crippen molar-refractivity contribution < 1.29 is 0 Å². The maximum Gasteiger partial charge on any atom is 0.0890 e. The summed E-state index contributed by atoms with van der Waals surface area (Å²) in [5.41, 5.74) is 3.29. The lowest BCUT2D eigenvalue weighted by Crippen LogP contribution is -2.56. The fourth-order valence-electron chi connectivity index (χ4n) is 2.87. The summed E-state index contributed by atoms with van der Waals surface area (Å²) in [6.07, 6.45) is 5.79. The van der Waals surface area contributed by atoms with Gasteiger partial charge in [-0.15, -0.1) is 0 Å². The second-order valence-corrected chi connectivity index (χ2v) is 5.93. The number of hydrogen-bond donors (Lipinski definition) is 1. The first kappa shape index (κ1) is 13.5. The van der Waals surface area contributed by atoms with Gasteiger partial charge in [-0.3, -0.25) is 4.98 Å². The molecule has 1 aliphatic rings. The molecular weight excluding hydrogens is 248 g/mol. The Labute approximate surface area is 120 Å². The van der Waals surface area contributed by atoms with E-state index < -0.39 is 0 Å². The largest absolute Gasteiger partial charge is 0.309 e. The predicted molar refractivity (Wildman–Crippen MR) is 81.5 cm³/mol. The highest BCUT2D eigenvalue weighted by Gasteiger charge is 2.38. The molecule has 0 spiro atoms. The molecule has 4 heteroatoms. The Hall–Kier alpha value is -1.52. The lowest BCUT2D eigenvalue weighted by Gasteiger charge is -2.47. The van der Waals surface area contributed by atoms with Gasteiger partial charge in [-0.05, 0) is 45.5 Å². The second-order valence-electron chi connectivity index (χ2n) is 5.93. The highest BCUT2D eigenvalue weighted by Crippen LogP contribution is 2.35. The Balaban J connectivity index is 1.62. The van der Waals surface area contributed by atoms with Gasteiger partial charge in [0.2, 0.25) is 0 Å². The van der Waals surface area contributed by atoms with Crippen molar-refractivity contribution >= 4 is 11.0 Å². The summed E-state index contributed by atoms with van der Waals surface area (Å²) >= 11 is 0. The van der Waals surface area contributed by atoms with Crippen LogP contribution in [0.3, 0.4) is 0 Å². The number of likely N-dealkylation sites (N-methyl/N-ethyl adjacent to an activating group) is 1. The van der Waals surface area contributed by atoms with E-state index in [-0.39, 0.29) is 0 Å². The van der Waals surface area contributed by atoms with E-state index in [1.54, 1.807) is 0 Å². The third kappa shape index (κ3) is 2.53. The molecule has 2 aromatic rings. The van der Waals surface area contributed by atoms with E-state index in [1.807, 2.05) is 30.5 Å². The topological polar surface area (TPSA) is 41.0 Å².